The Morgan fingerprint density at radius 1 is 0.667 bits per heavy atom. The Hall–Kier alpha value is -3.59. The molecular formula is C30H42N6O3. The van der Waals surface area contributed by atoms with E-state index in [1.165, 1.54) is 11.1 Å². The lowest BCUT2D eigenvalue weighted by Crippen LogP contribution is -2.47. The first-order valence-corrected chi connectivity index (χ1v) is 14.1. The number of amides is 5. The molecule has 1 aliphatic carbocycles. The van der Waals surface area contributed by atoms with Crippen LogP contribution >= 0.6 is 0 Å². The van der Waals surface area contributed by atoms with Gasteiger partial charge in [0.25, 0.3) is 0 Å². The summed E-state index contributed by atoms with van der Waals surface area (Å²) < 4.78 is 0. The third-order valence-electron chi connectivity index (χ3n) is 7.36. The summed E-state index contributed by atoms with van der Waals surface area (Å²) in [6.07, 6.45) is 5.77. The van der Waals surface area contributed by atoms with Gasteiger partial charge in [-0.1, -0.05) is 35.4 Å². The molecule has 5 rings (SSSR count). The Kier molecular flexibility index (Phi) is 10.2. The minimum absolute atomic E-state index is 0.110. The highest BCUT2D eigenvalue weighted by molar-refractivity contribution is 5.90. The van der Waals surface area contributed by atoms with Crippen LogP contribution in [0.3, 0.4) is 0 Å². The second-order valence-electron chi connectivity index (χ2n) is 10.8. The van der Waals surface area contributed by atoms with Crippen LogP contribution in [0.5, 0.6) is 0 Å². The fraction of sp³-hybridized carbons (Fsp3) is 0.500. The molecule has 0 radical (unpaired) electrons. The van der Waals surface area contributed by atoms with E-state index in [-0.39, 0.29) is 24.0 Å². The van der Waals surface area contributed by atoms with E-state index in [0.717, 1.165) is 76.1 Å². The quantitative estimate of drug-likeness (QED) is 0.392. The smallest absolute Gasteiger partial charge is 0.319 e. The second-order valence-corrected chi connectivity index (χ2v) is 10.8. The van der Waals surface area contributed by atoms with Gasteiger partial charge in [0, 0.05) is 42.5 Å². The van der Waals surface area contributed by atoms with Crippen molar-refractivity contribution in [3.8, 4) is 0 Å². The number of benzene rings is 2. The zero-order valence-corrected chi connectivity index (χ0v) is 23.1. The Morgan fingerprint density at radius 3 is 1.54 bits per heavy atom. The van der Waals surface area contributed by atoms with Crippen LogP contribution in [0.15, 0.2) is 48.5 Å². The number of rotatable bonds is 5. The number of carbonyl (C=O) groups excluding carboxylic acids is 3. The summed E-state index contributed by atoms with van der Waals surface area (Å²) >= 11 is 0. The van der Waals surface area contributed by atoms with Gasteiger partial charge in [-0.25, -0.2) is 9.59 Å². The number of anilines is 2. The molecule has 9 nitrogen and oxygen atoms in total. The first-order valence-electron chi connectivity index (χ1n) is 14.1. The van der Waals surface area contributed by atoms with E-state index >= 15 is 0 Å². The molecule has 5 amide bonds. The summed E-state index contributed by atoms with van der Waals surface area (Å²) in [5.74, 6) is 0.594. The van der Waals surface area contributed by atoms with Gasteiger partial charge < -0.3 is 31.5 Å². The van der Waals surface area contributed by atoms with Crippen molar-refractivity contribution < 1.29 is 14.4 Å². The van der Waals surface area contributed by atoms with E-state index in [1.54, 1.807) is 0 Å². The van der Waals surface area contributed by atoms with Gasteiger partial charge in [0.2, 0.25) is 5.91 Å². The highest BCUT2D eigenvalue weighted by Gasteiger charge is 2.35. The molecule has 0 bridgehead atoms. The van der Waals surface area contributed by atoms with Crippen molar-refractivity contribution in [3.05, 3.63) is 59.7 Å². The number of aryl methyl sites for hydroxylation is 2. The summed E-state index contributed by atoms with van der Waals surface area (Å²) in [5, 5.41) is 15.0. The summed E-state index contributed by atoms with van der Waals surface area (Å²) in [7, 11) is 0. The Morgan fingerprint density at radius 2 is 1.10 bits per heavy atom. The molecule has 0 unspecified atom stereocenters. The molecule has 2 aliphatic heterocycles. The number of likely N-dealkylation sites (tertiary alicyclic amines) is 1. The van der Waals surface area contributed by atoms with E-state index in [2.05, 4.69) is 26.6 Å². The van der Waals surface area contributed by atoms with Crippen LogP contribution in [0.4, 0.5) is 21.0 Å². The van der Waals surface area contributed by atoms with Crippen molar-refractivity contribution in [2.75, 3.05) is 36.8 Å². The van der Waals surface area contributed by atoms with Gasteiger partial charge in [-0.15, -0.1) is 0 Å². The number of hydrogen-bond acceptors (Lipinski definition) is 4. The summed E-state index contributed by atoms with van der Waals surface area (Å²) in [6.45, 7) is 7.51. The predicted octanol–water partition coefficient (Wildman–Crippen LogP) is 4.39. The second kappa shape index (κ2) is 14.0. The van der Waals surface area contributed by atoms with Crippen molar-refractivity contribution in [1.82, 2.24) is 20.9 Å². The van der Waals surface area contributed by atoms with Crippen molar-refractivity contribution >= 4 is 29.3 Å². The van der Waals surface area contributed by atoms with Crippen molar-refractivity contribution in [2.45, 2.75) is 64.5 Å². The van der Waals surface area contributed by atoms with Gasteiger partial charge in [0.15, 0.2) is 0 Å². The SMILES string of the molecule is Cc1ccc(NC(=O)NC2CCN(C(=O)C3CC3)CC2)cc1.Cc1ccc(NC(=O)NC2CCNCC2)cc1. The highest BCUT2D eigenvalue weighted by atomic mass is 16.2. The predicted molar refractivity (Wildman–Crippen MR) is 155 cm³/mol. The van der Waals surface area contributed by atoms with Gasteiger partial charge >= 0.3 is 12.1 Å². The van der Waals surface area contributed by atoms with Gasteiger partial charge in [-0.2, -0.15) is 0 Å². The molecule has 0 aromatic heterocycles. The third kappa shape index (κ3) is 9.58. The first-order chi connectivity index (χ1) is 18.9. The molecule has 39 heavy (non-hydrogen) atoms. The lowest BCUT2D eigenvalue weighted by molar-refractivity contribution is -0.133. The molecule has 210 valence electrons. The van der Waals surface area contributed by atoms with E-state index in [1.807, 2.05) is 67.3 Å². The van der Waals surface area contributed by atoms with Crippen LogP contribution in [0.25, 0.3) is 0 Å². The van der Waals surface area contributed by atoms with Crippen LogP contribution in [-0.2, 0) is 4.79 Å². The topological polar surface area (TPSA) is 115 Å². The van der Waals surface area contributed by atoms with Gasteiger partial charge in [0.05, 0.1) is 0 Å². The highest BCUT2D eigenvalue weighted by Crippen LogP contribution is 2.31. The van der Waals surface area contributed by atoms with Gasteiger partial charge in [-0.3, -0.25) is 4.79 Å². The summed E-state index contributed by atoms with van der Waals surface area (Å²) in [4.78, 5) is 37.7. The normalized spacial score (nSPS) is 17.8. The third-order valence-corrected chi connectivity index (χ3v) is 7.36. The molecule has 5 N–H and O–H groups in total. The standard InChI is InChI=1S/C17H23N3O2.C13H19N3O/c1-12-2-6-14(7-3-12)18-17(22)19-15-8-10-20(11-9-15)16(21)13-4-5-13;1-10-2-4-11(5-3-10)15-13(17)16-12-6-8-14-9-7-12/h2-3,6-7,13,15H,4-5,8-11H2,1H3,(H2,18,19,22);2-5,12,14H,6-9H2,1H3,(H2,15,16,17). The molecule has 3 fully saturated rings. The molecule has 2 aromatic rings. The fourth-order valence-corrected chi connectivity index (χ4v) is 4.78. The number of nitrogens with one attached hydrogen (secondary N) is 5. The molecule has 2 saturated heterocycles. The van der Waals surface area contributed by atoms with Gasteiger partial charge in [0.1, 0.15) is 0 Å². The summed E-state index contributed by atoms with van der Waals surface area (Å²) in [5.41, 5.74) is 3.99. The molecular weight excluding hydrogens is 492 g/mol. The largest absolute Gasteiger partial charge is 0.342 e. The lowest BCUT2D eigenvalue weighted by atomic mass is 10.0. The fourth-order valence-electron chi connectivity index (χ4n) is 4.78. The van der Waals surface area contributed by atoms with Gasteiger partial charge in [-0.05, 0) is 89.7 Å². The number of carbonyl (C=O) groups is 3. The average molecular weight is 535 g/mol. The molecule has 0 spiro atoms. The lowest BCUT2D eigenvalue weighted by Gasteiger charge is -2.32. The van der Waals surface area contributed by atoms with Crippen molar-refractivity contribution in [2.24, 2.45) is 5.92 Å². The van der Waals surface area contributed by atoms with E-state index in [0.29, 0.717) is 11.9 Å². The average Bonchev–Trinajstić information content (AvgIpc) is 3.78. The van der Waals surface area contributed by atoms with E-state index in [4.69, 9.17) is 0 Å². The maximum Gasteiger partial charge on any atom is 0.319 e. The Balaban J connectivity index is 0.000000187. The van der Waals surface area contributed by atoms with Crippen LogP contribution in [-0.4, -0.2) is 61.1 Å². The Labute approximate surface area is 231 Å². The van der Waals surface area contributed by atoms with Crippen LogP contribution < -0.4 is 26.6 Å². The first kappa shape index (κ1) is 28.4. The van der Waals surface area contributed by atoms with Crippen molar-refractivity contribution in [1.29, 1.82) is 0 Å². The number of nitrogens with zero attached hydrogens (tertiary/aromatic N) is 1. The molecule has 3 aliphatic rings. The number of urea groups is 2. The summed E-state index contributed by atoms with van der Waals surface area (Å²) in [6, 6.07) is 15.7. The molecule has 2 aromatic carbocycles. The van der Waals surface area contributed by atoms with Crippen LogP contribution in [0.1, 0.15) is 49.7 Å². The number of piperidine rings is 2. The van der Waals surface area contributed by atoms with Crippen LogP contribution in [0, 0.1) is 19.8 Å². The maximum absolute atomic E-state index is 12.0. The van der Waals surface area contributed by atoms with Crippen LogP contribution in [0.2, 0.25) is 0 Å². The van der Waals surface area contributed by atoms with E-state index in [9.17, 15) is 14.4 Å². The molecule has 9 heteroatoms. The monoisotopic (exact) mass is 534 g/mol. The zero-order chi connectivity index (χ0) is 27.6. The van der Waals surface area contributed by atoms with E-state index < -0.39 is 0 Å². The minimum Gasteiger partial charge on any atom is -0.342 e. The molecule has 2 heterocycles. The molecule has 0 atom stereocenters. The van der Waals surface area contributed by atoms with Crippen molar-refractivity contribution in [3.63, 3.8) is 0 Å². The number of hydrogen-bond donors (Lipinski definition) is 5. The minimum atomic E-state index is -0.171. The maximum atomic E-state index is 12.0. The zero-order valence-electron chi connectivity index (χ0n) is 23.1. The Bertz CT molecular complexity index is 1090. The molecule has 1 saturated carbocycles.